The summed E-state index contributed by atoms with van der Waals surface area (Å²) in [4.78, 5) is 44.4. The van der Waals surface area contributed by atoms with Gasteiger partial charge in [0, 0.05) is 22.5 Å². The summed E-state index contributed by atoms with van der Waals surface area (Å²) < 4.78 is 6.61. The molecular formula is C29H32ClN3O4S. The van der Waals surface area contributed by atoms with Crippen LogP contribution in [0.5, 0.6) is 0 Å². The number of ether oxygens (including phenoxy) is 1. The van der Waals surface area contributed by atoms with Gasteiger partial charge in [-0.3, -0.25) is 14.4 Å². The maximum absolute atomic E-state index is 14.2. The second-order valence-electron chi connectivity index (χ2n) is 11.1. The standard InChI is InChI=1S/C29H32ClN3O4S/c1-28-13-14-29(37-28)23(22(28)25(34)31-16-21-8-5-15-38-21)27(36)33(17-18-9-11-19(30)12-10-18)24(29)26(35)32-20-6-3-2-4-7-20/h5,8-15,20,22-24H,2-4,6-7,16-17H2,1H3,(H,31,34)(H,32,35)/t22-,23-,24+,28-,29+/m0/s1. The van der Waals surface area contributed by atoms with Crippen LogP contribution in [-0.2, 0) is 32.2 Å². The summed E-state index contributed by atoms with van der Waals surface area (Å²) in [5, 5.41) is 8.81. The maximum atomic E-state index is 14.2. The van der Waals surface area contributed by atoms with Gasteiger partial charge in [0.05, 0.1) is 24.0 Å². The fourth-order valence-corrected chi connectivity index (χ4v) is 7.58. The van der Waals surface area contributed by atoms with E-state index in [1.165, 1.54) is 6.42 Å². The molecule has 6 rings (SSSR count). The zero-order chi connectivity index (χ0) is 26.5. The smallest absolute Gasteiger partial charge is 0.246 e. The number of likely N-dealkylation sites (tertiary alicyclic amines) is 1. The molecule has 0 radical (unpaired) electrons. The van der Waals surface area contributed by atoms with Crippen molar-refractivity contribution in [2.45, 2.75) is 75.4 Å². The van der Waals surface area contributed by atoms with Crippen LogP contribution in [-0.4, -0.2) is 45.9 Å². The summed E-state index contributed by atoms with van der Waals surface area (Å²) in [6.45, 7) is 2.47. The highest BCUT2D eigenvalue weighted by atomic mass is 35.5. The monoisotopic (exact) mass is 553 g/mol. The van der Waals surface area contributed by atoms with E-state index in [4.69, 9.17) is 16.3 Å². The van der Waals surface area contributed by atoms with E-state index in [0.717, 1.165) is 36.1 Å². The molecule has 1 spiro atoms. The number of benzene rings is 1. The Hall–Kier alpha value is -2.68. The van der Waals surface area contributed by atoms with Crippen molar-refractivity contribution in [3.05, 3.63) is 69.4 Å². The molecule has 4 heterocycles. The molecule has 2 saturated heterocycles. The van der Waals surface area contributed by atoms with E-state index < -0.39 is 29.1 Å². The van der Waals surface area contributed by atoms with E-state index in [2.05, 4.69) is 10.6 Å². The number of hydrogen-bond acceptors (Lipinski definition) is 5. The van der Waals surface area contributed by atoms with Gasteiger partial charge in [-0.2, -0.15) is 0 Å². The Morgan fingerprint density at radius 2 is 1.87 bits per heavy atom. The van der Waals surface area contributed by atoms with Crippen LogP contribution in [0, 0.1) is 11.8 Å². The highest BCUT2D eigenvalue weighted by Crippen LogP contribution is 2.59. The molecular weight excluding hydrogens is 522 g/mol. The fourth-order valence-electron chi connectivity index (χ4n) is 6.81. The van der Waals surface area contributed by atoms with Crippen LogP contribution in [0.3, 0.4) is 0 Å². The third-order valence-electron chi connectivity index (χ3n) is 8.56. The molecule has 2 aromatic rings. The van der Waals surface area contributed by atoms with Crippen LogP contribution in [0.2, 0.25) is 5.02 Å². The Bertz CT molecular complexity index is 1260. The van der Waals surface area contributed by atoms with E-state index in [-0.39, 0.29) is 30.3 Å². The first kappa shape index (κ1) is 25.6. The first-order valence-corrected chi connectivity index (χ1v) is 14.6. The summed E-state index contributed by atoms with van der Waals surface area (Å²) in [5.41, 5.74) is -1.30. The van der Waals surface area contributed by atoms with Gasteiger partial charge >= 0.3 is 0 Å². The van der Waals surface area contributed by atoms with Gasteiger partial charge in [-0.25, -0.2) is 0 Å². The third kappa shape index (κ3) is 4.27. The lowest BCUT2D eigenvalue weighted by molar-refractivity contribution is -0.145. The second kappa shape index (κ2) is 9.81. The highest BCUT2D eigenvalue weighted by Gasteiger charge is 2.76. The Morgan fingerprint density at radius 3 is 2.58 bits per heavy atom. The molecule has 9 heteroatoms. The summed E-state index contributed by atoms with van der Waals surface area (Å²) >= 11 is 7.66. The highest BCUT2D eigenvalue weighted by molar-refractivity contribution is 7.09. The summed E-state index contributed by atoms with van der Waals surface area (Å²) in [6, 6.07) is 10.4. The first-order chi connectivity index (χ1) is 18.3. The normalized spacial score (nSPS) is 32.0. The van der Waals surface area contributed by atoms with Gasteiger partial charge in [-0.1, -0.05) is 61.2 Å². The number of rotatable bonds is 7. The van der Waals surface area contributed by atoms with Crippen molar-refractivity contribution in [3.8, 4) is 0 Å². The van der Waals surface area contributed by atoms with Crippen molar-refractivity contribution in [2.75, 3.05) is 0 Å². The lowest BCUT2D eigenvalue weighted by Crippen LogP contribution is -2.56. The molecule has 3 aliphatic heterocycles. The molecule has 1 aliphatic carbocycles. The number of fused-ring (bicyclic) bond motifs is 1. The fraction of sp³-hybridized carbons (Fsp3) is 0.483. The van der Waals surface area contributed by atoms with Crippen LogP contribution in [0.4, 0.5) is 0 Å². The van der Waals surface area contributed by atoms with Gasteiger partial charge in [-0.15, -0.1) is 11.3 Å². The van der Waals surface area contributed by atoms with Crippen molar-refractivity contribution < 1.29 is 19.1 Å². The first-order valence-electron chi connectivity index (χ1n) is 13.4. The van der Waals surface area contributed by atoms with Crippen LogP contribution < -0.4 is 10.6 Å². The van der Waals surface area contributed by atoms with Crippen molar-refractivity contribution >= 4 is 40.7 Å². The van der Waals surface area contributed by atoms with Crippen LogP contribution >= 0.6 is 22.9 Å². The van der Waals surface area contributed by atoms with Gasteiger partial charge in [0.1, 0.15) is 11.6 Å². The Morgan fingerprint density at radius 1 is 1.11 bits per heavy atom. The van der Waals surface area contributed by atoms with Crippen molar-refractivity contribution in [1.82, 2.24) is 15.5 Å². The molecule has 3 amide bonds. The third-order valence-corrected chi connectivity index (χ3v) is 9.69. The quantitative estimate of drug-likeness (QED) is 0.503. The summed E-state index contributed by atoms with van der Waals surface area (Å²) in [5.74, 6) is -2.19. The van der Waals surface area contributed by atoms with E-state index in [0.29, 0.717) is 11.6 Å². The number of amides is 3. The minimum Gasteiger partial charge on any atom is -0.356 e. The van der Waals surface area contributed by atoms with Gasteiger partial charge in [0.2, 0.25) is 17.7 Å². The SMILES string of the molecule is C[C@@]12C=C[C@@]3(O1)[C@H](C(=O)N(Cc1ccc(Cl)cc1)[C@@H]3C(=O)NC1CCCCC1)[C@H]2C(=O)NCc1cccs1. The molecule has 2 N–H and O–H groups in total. The van der Waals surface area contributed by atoms with Gasteiger partial charge in [0.15, 0.2) is 0 Å². The molecule has 4 aliphatic rings. The molecule has 3 fully saturated rings. The van der Waals surface area contributed by atoms with E-state index >= 15 is 0 Å². The predicted octanol–water partition coefficient (Wildman–Crippen LogP) is 4.21. The Kier molecular flexibility index (Phi) is 6.61. The lowest BCUT2D eigenvalue weighted by atomic mass is 9.70. The number of halogens is 1. The number of hydrogen-bond donors (Lipinski definition) is 2. The van der Waals surface area contributed by atoms with Gasteiger partial charge in [-0.05, 0) is 48.9 Å². The topological polar surface area (TPSA) is 87.7 Å². The molecule has 2 bridgehead atoms. The van der Waals surface area contributed by atoms with E-state index in [9.17, 15) is 14.4 Å². The Balaban J connectivity index is 1.33. The molecule has 0 unspecified atom stereocenters. The molecule has 7 nitrogen and oxygen atoms in total. The maximum Gasteiger partial charge on any atom is 0.246 e. The Labute approximate surface area is 231 Å². The van der Waals surface area contributed by atoms with Gasteiger partial charge in [0.25, 0.3) is 0 Å². The number of carbonyl (C=O) groups excluding carboxylic acids is 3. The molecule has 1 aromatic heterocycles. The van der Waals surface area contributed by atoms with Gasteiger partial charge < -0.3 is 20.3 Å². The zero-order valence-electron chi connectivity index (χ0n) is 21.3. The van der Waals surface area contributed by atoms with Crippen LogP contribution in [0.25, 0.3) is 0 Å². The van der Waals surface area contributed by atoms with Crippen LogP contribution in [0.15, 0.2) is 53.9 Å². The lowest BCUT2D eigenvalue weighted by Gasteiger charge is -2.34. The number of carbonyl (C=O) groups is 3. The van der Waals surface area contributed by atoms with Crippen molar-refractivity contribution in [1.29, 1.82) is 0 Å². The van der Waals surface area contributed by atoms with E-state index in [1.807, 2.05) is 48.7 Å². The summed E-state index contributed by atoms with van der Waals surface area (Å²) in [7, 11) is 0. The number of thiophene rings is 1. The van der Waals surface area contributed by atoms with Crippen molar-refractivity contribution in [2.24, 2.45) is 11.8 Å². The molecule has 38 heavy (non-hydrogen) atoms. The van der Waals surface area contributed by atoms with Crippen LogP contribution in [0.1, 0.15) is 49.5 Å². The summed E-state index contributed by atoms with van der Waals surface area (Å²) in [6.07, 6.45) is 8.94. The molecule has 5 atom stereocenters. The largest absolute Gasteiger partial charge is 0.356 e. The minimum atomic E-state index is -1.19. The average Bonchev–Trinajstić information content (AvgIpc) is 3.65. The molecule has 1 saturated carbocycles. The molecule has 200 valence electrons. The number of nitrogens with one attached hydrogen (secondary N) is 2. The molecule has 1 aromatic carbocycles. The second-order valence-corrected chi connectivity index (χ2v) is 12.5. The predicted molar refractivity (Wildman–Crippen MR) is 145 cm³/mol. The zero-order valence-corrected chi connectivity index (χ0v) is 22.9. The van der Waals surface area contributed by atoms with Crippen molar-refractivity contribution in [3.63, 3.8) is 0 Å². The number of nitrogens with zero attached hydrogens (tertiary/aromatic N) is 1. The van der Waals surface area contributed by atoms with E-state index in [1.54, 1.807) is 28.4 Å². The average molecular weight is 554 g/mol. The minimum absolute atomic E-state index is 0.0854.